The van der Waals surface area contributed by atoms with Crippen molar-refractivity contribution in [1.82, 2.24) is 5.48 Å². The van der Waals surface area contributed by atoms with Gasteiger partial charge < -0.3 is 9.47 Å². The van der Waals surface area contributed by atoms with Crippen LogP contribution < -0.4 is 15.0 Å². The fourth-order valence-corrected chi connectivity index (χ4v) is 1.95. The molecule has 1 N–H and O–H groups in total. The Morgan fingerprint density at radius 1 is 1.09 bits per heavy atom. The van der Waals surface area contributed by atoms with Crippen LogP contribution in [0.4, 0.5) is 0 Å². The summed E-state index contributed by atoms with van der Waals surface area (Å²) < 4.78 is 11.0. The van der Waals surface area contributed by atoms with E-state index in [4.69, 9.17) is 21.1 Å². The third kappa shape index (κ3) is 4.13. The molecule has 2 aromatic carbocycles. The summed E-state index contributed by atoms with van der Waals surface area (Å²) in [5, 5.41) is 0.676. The molecule has 0 radical (unpaired) electrons. The summed E-state index contributed by atoms with van der Waals surface area (Å²) in [6.07, 6.45) is 0. The molecule has 0 atom stereocenters. The van der Waals surface area contributed by atoms with Gasteiger partial charge in [0.1, 0.15) is 6.61 Å². The quantitative estimate of drug-likeness (QED) is 0.830. The zero-order valence-corrected chi connectivity index (χ0v) is 13.0. The van der Waals surface area contributed by atoms with E-state index in [2.05, 4.69) is 10.3 Å². The van der Waals surface area contributed by atoms with Gasteiger partial charge in [-0.05, 0) is 35.9 Å². The molecule has 116 valence electrons. The van der Waals surface area contributed by atoms with E-state index in [0.29, 0.717) is 28.7 Å². The van der Waals surface area contributed by atoms with Crippen LogP contribution in [0.5, 0.6) is 11.5 Å². The van der Waals surface area contributed by atoms with Crippen molar-refractivity contribution in [1.29, 1.82) is 0 Å². The predicted octanol–water partition coefficient (Wildman–Crippen LogP) is 3.22. The van der Waals surface area contributed by atoms with Crippen molar-refractivity contribution >= 4 is 17.5 Å². The third-order valence-electron chi connectivity index (χ3n) is 2.93. The number of rotatable bonds is 6. The Morgan fingerprint density at radius 2 is 1.82 bits per heavy atom. The Kier molecular flexibility index (Phi) is 5.63. The van der Waals surface area contributed by atoms with Gasteiger partial charge in [-0.25, -0.2) is 5.48 Å². The number of hydrogen-bond acceptors (Lipinski definition) is 4. The molecule has 0 aliphatic carbocycles. The molecule has 0 saturated heterocycles. The van der Waals surface area contributed by atoms with Crippen molar-refractivity contribution in [3.63, 3.8) is 0 Å². The zero-order chi connectivity index (χ0) is 15.9. The van der Waals surface area contributed by atoms with Gasteiger partial charge in [0, 0.05) is 10.6 Å². The molecule has 0 aliphatic rings. The molecular formula is C16H16ClNO4. The summed E-state index contributed by atoms with van der Waals surface area (Å²) in [6.45, 7) is 0.372. The first kappa shape index (κ1) is 16.1. The van der Waals surface area contributed by atoms with Gasteiger partial charge >= 0.3 is 0 Å². The van der Waals surface area contributed by atoms with E-state index in [-0.39, 0.29) is 5.91 Å². The summed E-state index contributed by atoms with van der Waals surface area (Å²) in [5.41, 5.74) is 3.64. The molecule has 0 fully saturated rings. The maximum Gasteiger partial charge on any atom is 0.274 e. The maximum atomic E-state index is 11.7. The highest BCUT2D eigenvalue weighted by molar-refractivity contribution is 6.30. The highest BCUT2D eigenvalue weighted by Crippen LogP contribution is 2.29. The molecule has 0 spiro atoms. The number of hydroxylamine groups is 1. The molecule has 0 saturated carbocycles. The van der Waals surface area contributed by atoms with Crippen LogP contribution in [-0.4, -0.2) is 20.1 Å². The Labute approximate surface area is 133 Å². The van der Waals surface area contributed by atoms with E-state index in [1.54, 1.807) is 30.3 Å². The largest absolute Gasteiger partial charge is 0.493 e. The van der Waals surface area contributed by atoms with Gasteiger partial charge in [-0.2, -0.15) is 0 Å². The Morgan fingerprint density at radius 3 is 2.45 bits per heavy atom. The topological polar surface area (TPSA) is 56.8 Å². The molecule has 2 aromatic rings. The van der Waals surface area contributed by atoms with Crippen LogP contribution in [0.25, 0.3) is 0 Å². The monoisotopic (exact) mass is 321 g/mol. The molecule has 5 nitrogen and oxygen atoms in total. The number of hydrogen-bond donors (Lipinski definition) is 1. The minimum atomic E-state index is -0.356. The Bertz CT molecular complexity index is 643. The van der Waals surface area contributed by atoms with Crippen LogP contribution in [0, 0.1) is 0 Å². The lowest BCUT2D eigenvalue weighted by Gasteiger charge is -2.12. The molecule has 0 aromatic heterocycles. The number of methoxy groups -OCH3 is 1. The number of carbonyl (C=O) groups excluding carboxylic acids is 1. The molecular weight excluding hydrogens is 306 g/mol. The summed E-state index contributed by atoms with van der Waals surface area (Å²) >= 11 is 5.84. The fraction of sp³-hybridized carbons (Fsp3) is 0.188. The lowest BCUT2D eigenvalue weighted by Crippen LogP contribution is -2.21. The molecule has 0 heterocycles. The van der Waals surface area contributed by atoms with Crippen LogP contribution in [0.2, 0.25) is 5.02 Å². The van der Waals surface area contributed by atoms with Crippen LogP contribution in [0.1, 0.15) is 15.9 Å². The van der Waals surface area contributed by atoms with Crippen LogP contribution in [0.3, 0.4) is 0 Å². The molecule has 0 bridgehead atoms. The predicted molar refractivity (Wildman–Crippen MR) is 83.3 cm³/mol. The first-order valence-corrected chi connectivity index (χ1v) is 6.90. The summed E-state index contributed by atoms with van der Waals surface area (Å²) in [7, 11) is 2.89. The normalized spacial score (nSPS) is 10.1. The van der Waals surface area contributed by atoms with Gasteiger partial charge in [0.2, 0.25) is 0 Å². The smallest absolute Gasteiger partial charge is 0.274 e. The minimum Gasteiger partial charge on any atom is -0.493 e. The van der Waals surface area contributed by atoms with Gasteiger partial charge in [0.05, 0.1) is 14.2 Å². The average molecular weight is 322 g/mol. The number of ether oxygens (including phenoxy) is 2. The maximum absolute atomic E-state index is 11.7. The second kappa shape index (κ2) is 7.68. The van der Waals surface area contributed by atoms with Crippen LogP contribution in [0.15, 0.2) is 42.5 Å². The van der Waals surface area contributed by atoms with Crippen molar-refractivity contribution in [3.8, 4) is 11.5 Å². The second-order valence-electron chi connectivity index (χ2n) is 4.42. The van der Waals surface area contributed by atoms with Crippen molar-refractivity contribution in [2.24, 2.45) is 0 Å². The highest BCUT2D eigenvalue weighted by atomic mass is 35.5. The molecule has 2 rings (SSSR count). The van der Waals surface area contributed by atoms with E-state index in [0.717, 1.165) is 5.56 Å². The standard InChI is InChI=1S/C16H16ClNO4/c1-20-15-9-12(16(19)18-21-2)5-8-14(15)22-10-11-3-6-13(17)7-4-11/h3-9H,10H2,1-2H3,(H,18,19). The summed E-state index contributed by atoms with van der Waals surface area (Å²) in [4.78, 5) is 16.3. The van der Waals surface area contributed by atoms with E-state index in [1.165, 1.54) is 14.2 Å². The van der Waals surface area contributed by atoms with Crippen molar-refractivity contribution in [2.45, 2.75) is 6.61 Å². The summed E-state index contributed by atoms with van der Waals surface area (Å²) in [6, 6.07) is 12.3. The first-order chi connectivity index (χ1) is 10.6. The zero-order valence-electron chi connectivity index (χ0n) is 12.3. The van der Waals surface area contributed by atoms with Gasteiger partial charge in [-0.1, -0.05) is 23.7 Å². The number of amides is 1. The summed E-state index contributed by atoms with van der Waals surface area (Å²) in [5.74, 6) is 0.661. The van der Waals surface area contributed by atoms with E-state index < -0.39 is 0 Å². The number of nitrogens with one attached hydrogen (secondary N) is 1. The first-order valence-electron chi connectivity index (χ1n) is 6.52. The van der Waals surface area contributed by atoms with E-state index in [1.807, 2.05) is 12.1 Å². The van der Waals surface area contributed by atoms with E-state index >= 15 is 0 Å². The van der Waals surface area contributed by atoms with Gasteiger partial charge in [0.15, 0.2) is 11.5 Å². The van der Waals surface area contributed by atoms with Gasteiger partial charge in [-0.15, -0.1) is 0 Å². The molecule has 1 amide bonds. The van der Waals surface area contributed by atoms with Gasteiger partial charge in [0.25, 0.3) is 5.91 Å². The molecule has 22 heavy (non-hydrogen) atoms. The van der Waals surface area contributed by atoms with Crippen molar-refractivity contribution in [3.05, 3.63) is 58.6 Å². The molecule has 6 heteroatoms. The fourth-order valence-electron chi connectivity index (χ4n) is 1.82. The highest BCUT2D eigenvalue weighted by Gasteiger charge is 2.11. The average Bonchev–Trinajstić information content (AvgIpc) is 2.54. The third-order valence-corrected chi connectivity index (χ3v) is 3.18. The van der Waals surface area contributed by atoms with Gasteiger partial charge in [-0.3, -0.25) is 9.63 Å². The Balaban J connectivity index is 2.10. The molecule has 0 aliphatic heterocycles. The van der Waals surface area contributed by atoms with Crippen molar-refractivity contribution < 1.29 is 19.1 Å². The van der Waals surface area contributed by atoms with Crippen LogP contribution in [-0.2, 0) is 11.4 Å². The van der Waals surface area contributed by atoms with Crippen molar-refractivity contribution in [2.75, 3.05) is 14.2 Å². The number of halogens is 1. The van der Waals surface area contributed by atoms with Crippen LogP contribution >= 0.6 is 11.6 Å². The number of carbonyl (C=O) groups is 1. The SMILES string of the molecule is CONC(=O)c1ccc(OCc2ccc(Cl)cc2)c(OC)c1. The van der Waals surface area contributed by atoms with E-state index in [9.17, 15) is 4.79 Å². The lowest BCUT2D eigenvalue weighted by atomic mass is 10.2. The number of benzene rings is 2. The lowest BCUT2D eigenvalue weighted by molar-refractivity contribution is 0.0537. The Hall–Kier alpha value is -2.24. The minimum absolute atomic E-state index is 0.356. The molecule has 0 unspecified atom stereocenters. The second-order valence-corrected chi connectivity index (χ2v) is 4.85.